The predicted molar refractivity (Wildman–Crippen MR) is 89.3 cm³/mol. The van der Waals surface area contributed by atoms with Gasteiger partial charge in [0.25, 0.3) is 0 Å². The Morgan fingerprint density at radius 3 is 2.52 bits per heavy atom. The molecule has 0 spiro atoms. The summed E-state index contributed by atoms with van der Waals surface area (Å²) < 4.78 is 1.96. The van der Waals surface area contributed by atoms with E-state index in [1.807, 2.05) is 16.8 Å². The van der Waals surface area contributed by atoms with Crippen molar-refractivity contribution >= 4 is 11.6 Å². The summed E-state index contributed by atoms with van der Waals surface area (Å²) in [6, 6.07) is 8.50. The third-order valence-corrected chi connectivity index (χ3v) is 4.12. The Labute approximate surface area is 132 Å². The van der Waals surface area contributed by atoms with Gasteiger partial charge in [-0.2, -0.15) is 5.10 Å². The molecule has 1 atom stereocenters. The van der Waals surface area contributed by atoms with Crippen molar-refractivity contribution in [1.82, 2.24) is 9.78 Å². The molecule has 0 aliphatic heterocycles. The van der Waals surface area contributed by atoms with Crippen LogP contribution in [0.4, 0.5) is 0 Å². The minimum atomic E-state index is 0.189. The van der Waals surface area contributed by atoms with E-state index in [-0.39, 0.29) is 6.04 Å². The third-order valence-electron chi connectivity index (χ3n) is 3.82. The molecular weight excluding hydrogens is 282 g/mol. The second kappa shape index (κ2) is 7.10. The van der Waals surface area contributed by atoms with Gasteiger partial charge in [0.05, 0.1) is 16.4 Å². The van der Waals surface area contributed by atoms with Crippen molar-refractivity contribution in [2.24, 2.45) is 5.73 Å². The SMILES string of the molecule is CCc1cc(CC)n(-c2ccc(CC(N)CC)cc2Cl)n1. The first-order valence-electron chi connectivity index (χ1n) is 7.71. The first kappa shape index (κ1) is 16.1. The molecule has 0 saturated carbocycles. The second-order valence-electron chi connectivity index (χ2n) is 5.40. The summed E-state index contributed by atoms with van der Waals surface area (Å²) in [6.45, 7) is 6.35. The van der Waals surface area contributed by atoms with Crippen LogP contribution in [0.2, 0.25) is 5.02 Å². The quantitative estimate of drug-likeness (QED) is 0.878. The van der Waals surface area contributed by atoms with E-state index < -0.39 is 0 Å². The highest BCUT2D eigenvalue weighted by Crippen LogP contribution is 2.24. The van der Waals surface area contributed by atoms with Crippen LogP contribution in [0.5, 0.6) is 0 Å². The molecule has 0 bridgehead atoms. The van der Waals surface area contributed by atoms with Crippen molar-refractivity contribution in [3.63, 3.8) is 0 Å². The van der Waals surface area contributed by atoms with Crippen molar-refractivity contribution in [2.45, 2.75) is 52.5 Å². The maximum absolute atomic E-state index is 6.47. The van der Waals surface area contributed by atoms with Crippen molar-refractivity contribution in [2.75, 3.05) is 0 Å². The van der Waals surface area contributed by atoms with Gasteiger partial charge >= 0.3 is 0 Å². The van der Waals surface area contributed by atoms with Gasteiger partial charge in [-0.05, 0) is 49.4 Å². The van der Waals surface area contributed by atoms with Crippen LogP contribution < -0.4 is 5.73 Å². The highest BCUT2D eigenvalue weighted by Gasteiger charge is 2.11. The van der Waals surface area contributed by atoms with Crippen molar-refractivity contribution in [1.29, 1.82) is 0 Å². The number of aryl methyl sites for hydroxylation is 2. The van der Waals surface area contributed by atoms with Crippen LogP contribution >= 0.6 is 11.6 Å². The standard InChI is InChI=1S/C17H24ClN3/c1-4-13(19)9-12-7-8-17(16(18)10-12)21-15(6-3)11-14(5-2)20-21/h7-8,10-11,13H,4-6,9,19H2,1-3H3. The van der Waals surface area contributed by atoms with E-state index in [0.29, 0.717) is 0 Å². The Morgan fingerprint density at radius 2 is 1.95 bits per heavy atom. The molecule has 2 rings (SSSR count). The van der Waals surface area contributed by atoms with Gasteiger partial charge in [-0.15, -0.1) is 0 Å². The molecule has 2 aromatic rings. The fourth-order valence-corrected chi connectivity index (χ4v) is 2.69. The maximum atomic E-state index is 6.47. The highest BCUT2D eigenvalue weighted by molar-refractivity contribution is 6.32. The van der Waals surface area contributed by atoms with E-state index in [0.717, 1.165) is 42.1 Å². The number of nitrogens with two attached hydrogens (primary N) is 1. The molecule has 1 unspecified atom stereocenters. The lowest BCUT2D eigenvalue weighted by Gasteiger charge is -2.12. The lowest BCUT2D eigenvalue weighted by atomic mass is 10.0. The zero-order valence-electron chi connectivity index (χ0n) is 13.1. The van der Waals surface area contributed by atoms with Gasteiger partial charge < -0.3 is 5.73 Å². The molecule has 21 heavy (non-hydrogen) atoms. The van der Waals surface area contributed by atoms with E-state index in [9.17, 15) is 0 Å². The van der Waals surface area contributed by atoms with Gasteiger partial charge in [0, 0.05) is 11.7 Å². The van der Waals surface area contributed by atoms with Gasteiger partial charge in [-0.3, -0.25) is 0 Å². The Kier molecular flexibility index (Phi) is 5.43. The predicted octanol–water partition coefficient (Wildman–Crippen LogP) is 3.93. The zero-order valence-corrected chi connectivity index (χ0v) is 13.8. The van der Waals surface area contributed by atoms with E-state index in [2.05, 4.69) is 38.0 Å². The van der Waals surface area contributed by atoms with Gasteiger partial charge in [-0.1, -0.05) is 38.4 Å². The molecular formula is C17H24ClN3. The van der Waals surface area contributed by atoms with Crippen LogP contribution in [0.3, 0.4) is 0 Å². The Balaban J connectivity index is 2.34. The van der Waals surface area contributed by atoms with Crippen molar-refractivity contribution in [3.8, 4) is 5.69 Å². The molecule has 0 radical (unpaired) electrons. The van der Waals surface area contributed by atoms with Gasteiger partial charge in [0.15, 0.2) is 0 Å². The lowest BCUT2D eigenvalue weighted by molar-refractivity contribution is 0.646. The van der Waals surface area contributed by atoms with E-state index >= 15 is 0 Å². The first-order chi connectivity index (χ1) is 10.1. The fraction of sp³-hybridized carbons (Fsp3) is 0.471. The van der Waals surface area contributed by atoms with Crippen LogP contribution in [0.25, 0.3) is 5.69 Å². The molecule has 1 aromatic heterocycles. The minimum absolute atomic E-state index is 0.189. The zero-order chi connectivity index (χ0) is 15.4. The van der Waals surface area contributed by atoms with E-state index in [4.69, 9.17) is 17.3 Å². The smallest absolute Gasteiger partial charge is 0.0835 e. The summed E-state index contributed by atoms with van der Waals surface area (Å²) in [5.74, 6) is 0. The second-order valence-corrected chi connectivity index (χ2v) is 5.81. The molecule has 114 valence electrons. The van der Waals surface area contributed by atoms with Crippen LogP contribution in [-0.2, 0) is 19.3 Å². The number of hydrogen-bond donors (Lipinski definition) is 1. The molecule has 0 aliphatic rings. The fourth-order valence-electron chi connectivity index (χ4n) is 2.40. The Bertz CT molecular complexity index is 604. The summed E-state index contributed by atoms with van der Waals surface area (Å²) in [4.78, 5) is 0. The molecule has 2 N–H and O–H groups in total. The summed E-state index contributed by atoms with van der Waals surface area (Å²) in [7, 11) is 0. The molecule has 3 nitrogen and oxygen atoms in total. The molecule has 1 heterocycles. The van der Waals surface area contributed by atoms with Crippen molar-refractivity contribution in [3.05, 3.63) is 46.2 Å². The van der Waals surface area contributed by atoms with Crippen molar-refractivity contribution < 1.29 is 0 Å². The largest absolute Gasteiger partial charge is 0.327 e. The molecule has 0 amide bonds. The van der Waals surface area contributed by atoms with E-state index in [1.165, 1.54) is 11.3 Å². The molecule has 0 aliphatic carbocycles. The summed E-state index contributed by atoms with van der Waals surface area (Å²) in [5.41, 5.74) is 10.4. The number of benzene rings is 1. The lowest BCUT2D eigenvalue weighted by Crippen LogP contribution is -2.21. The van der Waals surface area contributed by atoms with Crippen LogP contribution in [0.15, 0.2) is 24.3 Å². The number of halogens is 1. The number of hydrogen-bond acceptors (Lipinski definition) is 2. The Morgan fingerprint density at radius 1 is 1.19 bits per heavy atom. The number of nitrogens with zero attached hydrogens (tertiary/aromatic N) is 2. The Hall–Kier alpha value is -1.32. The molecule has 0 fully saturated rings. The molecule has 4 heteroatoms. The summed E-state index contributed by atoms with van der Waals surface area (Å²) >= 11 is 6.47. The number of aromatic nitrogens is 2. The topological polar surface area (TPSA) is 43.8 Å². The minimum Gasteiger partial charge on any atom is -0.327 e. The normalized spacial score (nSPS) is 12.6. The average molecular weight is 306 g/mol. The highest BCUT2D eigenvalue weighted by atomic mass is 35.5. The van der Waals surface area contributed by atoms with Gasteiger partial charge in [-0.25, -0.2) is 4.68 Å². The van der Waals surface area contributed by atoms with Crippen LogP contribution in [0, 0.1) is 0 Å². The average Bonchev–Trinajstić information content (AvgIpc) is 2.90. The monoisotopic (exact) mass is 305 g/mol. The summed E-state index contributed by atoms with van der Waals surface area (Å²) in [6.07, 6.45) is 3.70. The van der Waals surface area contributed by atoms with E-state index in [1.54, 1.807) is 0 Å². The van der Waals surface area contributed by atoms with Crippen LogP contribution in [0.1, 0.15) is 44.1 Å². The number of rotatable bonds is 6. The van der Waals surface area contributed by atoms with Gasteiger partial charge in [0.2, 0.25) is 0 Å². The third kappa shape index (κ3) is 3.66. The van der Waals surface area contributed by atoms with Gasteiger partial charge in [0.1, 0.15) is 0 Å². The molecule has 0 saturated heterocycles. The molecule has 1 aromatic carbocycles. The van der Waals surface area contributed by atoms with Crippen LogP contribution in [-0.4, -0.2) is 15.8 Å². The summed E-state index contributed by atoms with van der Waals surface area (Å²) in [5, 5.41) is 5.38. The maximum Gasteiger partial charge on any atom is 0.0835 e. The first-order valence-corrected chi connectivity index (χ1v) is 8.08.